The first-order valence-electron chi connectivity index (χ1n) is 7.59. The fourth-order valence-corrected chi connectivity index (χ4v) is 4.66. The van der Waals surface area contributed by atoms with E-state index in [0.717, 1.165) is 18.2 Å². The van der Waals surface area contributed by atoms with Crippen molar-refractivity contribution in [3.05, 3.63) is 54.2 Å². The molecule has 1 unspecified atom stereocenters. The fourth-order valence-electron chi connectivity index (χ4n) is 2.67. The van der Waals surface area contributed by atoms with E-state index in [1.807, 2.05) is 0 Å². The van der Waals surface area contributed by atoms with Crippen LogP contribution in [-0.2, 0) is 5.67 Å². The van der Waals surface area contributed by atoms with E-state index in [4.69, 9.17) is 10.5 Å². The molecule has 13 heteroatoms. The van der Waals surface area contributed by atoms with Crippen LogP contribution in [-0.4, -0.2) is 18.3 Å². The average Bonchev–Trinajstić information content (AvgIpc) is 2.64. The van der Waals surface area contributed by atoms with Crippen molar-refractivity contribution in [3.63, 3.8) is 0 Å². The lowest BCUT2D eigenvalue weighted by atomic mass is 9.82. The molecule has 0 N–H and O–H groups in total. The first-order valence-corrected chi connectivity index (χ1v) is 9.74. The van der Waals surface area contributed by atoms with Gasteiger partial charge in [-0.15, -0.1) is 0 Å². The molecule has 0 bridgehead atoms. The number of benzene rings is 2. The minimum atomic E-state index is -6.89. The van der Waals surface area contributed by atoms with Gasteiger partial charge >= 0.3 is 23.9 Å². The summed E-state index contributed by atoms with van der Waals surface area (Å²) in [5.41, 5.74) is -10.4. The van der Waals surface area contributed by atoms with Crippen molar-refractivity contribution in [1.82, 2.24) is 0 Å². The summed E-state index contributed by atoms with van der Waals surface area (Å²) in [6.07, 6.45) is -13.6. The Labute approximate surface area is 195 Å². The summed E-state index contributed by atoms with van der Waals surface area (Å²) in [4.78, 5) is 0. The van der Waals surface area contributed by atoms with E-state index >= 15 is 4.39 Å². The van der Waals surface area contributed by atoms with Crippen molar-refractivity contribution in [2.75, 3.05) is 0 Å². The summed E-state index contributed by atoms with van der Waals surface area (Å²) >= 11 is 2.58. The number of rotatable bonds is 3. The van der Waals surface area contributed by atoms with Gasteiger partial charge < -0.3 is 0 Å². The molecule has 0 spiro atoms. The molecule has 1 atom stereocenters. The lowest BCUT2D eigenvalue weighted by Gasteiger charge is -2.37. The van der Waals surface area contributed by atoms with Gasteiger partial charge in [0, 0.05) is 24.3 Å². The lowest BCUT2D eigenvalue weighted by molar-refractivity contribution is -0.389. The Balaban J connectivity index is 3.09. The Hall–Kier alpha value is -1.75. The minimum Gasteiger partial charge on any atom is -0.221 e. The second-order valence-corrected chi connectivity index (χ2v) is 8.21. The van der Waals surface area contributed by atoms with Crippen molar-refractivity contribution in [2.24, 2.45) is 0 Å². The highest BCUT2D eigenvalue weighted by Gasteiger charge is 2.82. The first kappa shape index (κ1) is 25.5. The summed E-state index contributed by atoms with van der Waals surface area (Å²) in [5.74, 6) is -6.87. The van der Waals surface area contributed by atoms with Crippen LogP contribution < -0.4 is 0 Å². The van der Waals surface area contributed by atoms with E-state index in [9.17, 15) is 35.1 Å². The zero-order valence-electron chi connectivity index (χ0n) is 14.4. The summed E-state index contributed by atoms with van der Waals surface area (Å²) < 4.78 is 122. The van der Waals surface area contributed by atoms with Crippen LogP contribution in [0.5, 0.6) is 0 Å². The molecule has 0 aliphatic rings. The Kier molecular flexibility index (Phi) is 6.84. The number of alkyl halides is 9. The van der Waals surface area contributed by atoms with Crippen LogP contribution in [0.1, 0.15) is 16.7 Å². The Morgan fingerprint density at radius 3 is 1.61 bits per heavy atom. The molecule has 0 aliphatic carbocycles. The van der Waals surface area contributed by atoms with Crippen molar-refractivity contribution in [3.8, 4) is 23.3 Å². The molecule has 2 nitrogen and oxygen atoms in total. The predicted octanol–water partition coefficient (Wildman–Crippen LogP) is 7.03. The van der Waals surface area contributed by atoms with Crippen molar-refractivity contribution in [2.45, 2.75) is 23.9 Å². The van der Waals surface area contributed by atoms with E-state index in [-0.39, 0.29) is 20.8 Å². The monoisotopic (exact) mass is 673 g/mol. The average molecular weight is 673 g/mol. The summed E-state index contributed by atoms with van der Waals surface area (Å²) in [6, 6.07) is 8.42. The van der Waals surface area contributed by atoms with Crippen LogP contribution >= 0.6 is 45.2 Å². The van der Waals surface area contributed by atoms with Crippen LogP contribution in [0.15, 0.2) is 24.3 Å². The Morgan fingerprint density at radius 1 is 0.742 bits per heavy atom. The van der Waals surface area contributed by atoms with E-state index in [0.29, 0.717) is 0 Å². The zero-order chi connectivity index (χ0) is 24.0. The van der Waals surface area contributed by atoms with Gasteiger partial charge in [-0.05, 0) is 75.0 Å². The van der Waals surface area contributed by atoms with Gasteiger partial charge in [0.1, 0.15) is 0 Å². The van der Waals surface area contributed by atoms with Crippen LogP contribution in [0.4, 0.5) is 39.5 Å². The first-order chi connectivity index (χ1) is 14.0. The molecule has 2 rings (SSSR count). The Bertz CT molecular complexity index is 1080. The Morgan fingerprint density at radius 2 is 1.23 bits per heavy atom. The van der Waals surface area contributed by atoms with Crippen molar-refractivity contribution in [1.29, 1.82) is 10.5 Å². The minimum absolute atomic E-state index is 0.177. The van der Waals surface area contributed by atoms with Crippen LogP contribution in [0.2, 0.25) is 0 Å². The maximum Gasteiger partial charge on any atom is 0.457 e. The molecular weight excluding hydrogens is 669 g/mol. The highest BCUT2D eigenvalue weighted by Crippen LogP contribution is 2.60. The second-order valence-electron chi connectivity index (χ2n) is 5.97. The quantitative estimate of drug-likeness (QED) is 0.260. The van der Waals surface area contributed by atoms with Crippen LogP contribution in [0.25, 0.3) is 11.1 Å². The highest BCUT2D eigenvalue weighted by molar-refractivity contribution is 14.1. The molecule has 0 fully saturated rings. The third-order valence-electron chi connectivity index (χ3n) is 4.02. The topological polar surface area (TPSA) is 47.6 Å². The largest absolute Gasteiger partial charge is 0.457 e. The molecule has 0 aliphatic heterocycles. The van der Waals surface area contributed by atoms with Gasteiger partial charge in [-0.25, -0.2) is 4.39 Å². The fraction of sp³-hybridized carbons (Fsp3) is 0.222. The summed E-state index contributed by atoms with van der Waals surface area (Å²) in [6.45, 7) is 0. The third-order valence-corrected chi connectivity index (χ3v) is 5.41. The molecule has 2 aromatic carbocycles. The zero-order valence-corrected chi connectivity index (χ0v) is 18.7. The molecule has 1 radical (unpaired) electrons. The van der Waals surface area contributed by atoms with Crippen molar-refractivity contribution < 1.29 is 39.5 Å². The van der Waals surface area contributed by atoms with Gasteiger partial charge in [0.05, 0.1) is 23.3 Å². The van der Waals surface area contributed by atoms with Gasteiger partial charge in [0.25, 0.3) is 0 Å². The van der Waals surface area contributed by atoms with E-state index in [2.05, 4.69) is 6.07 Å². The number of hydrogen-bond donors (Lipinski definition) is 0. The molecular formula is C18H4F9I2N2. The normalized spacial score (nSPS) is 14.5. The van der Waals surface area contributed by atoms with Gasteiger partial charge in [-0.3, -0.25) is 0 Å². The SMILES string of the molecule is N#Cc1cc(C#N)cc(-c2c(I)[c]c(I)cc2C(F)(C(F)(F)F)C(F)(F)C(F)(F)F)c1. The van der Waals surface area contributed by atoms with Gasteiger partial charge in [0.15, 0.2) is 0 Å². The van der Waals surface area contributed by atoms with Crippen molar-refractivity contribution >= 4 is 45.2 Å². The predicted molar refractivity (Wildman–Crippen MR) is 105 cm³/mol. The van der Waals surface area contributed by atoms with Gasteiger partial charge in [-0.1, -0.05) is 0 Å². The number of hydrogen-bond acceptors (Lipinski definition) is 2. The van der Waals surface area contributed by atoms with E-state index < -0.39 is 44.2 Å². The van der Waals surface area contributed by atoms with Gasteiger partial charge in [0.2, 0.25) is 0 Å². The molecule has 0 heterocycles. The number of nitrogens with zero attached hydrogens (tertiary/aromatic N) is 2. The maximum absolute atomic E-state index is 15.2. The molecule has 2 aromatic rings. The van der Waals surface area contributed by atoms with E-state index in [1.165, 1.54) is 45.2 Å². The smallest absolute Gasteiger partial charge is 0.221 e. The van der Waals surface area contributed by atoms with Crippen LogP contribution in [0, 0.1) is 35.9 Å². The molecule has 163 valence electrons. The summed E-state index contributed by atoms with van der Waals surface area (Å²) in [5, 5.41) is 18.1. The standard InChI is InChI=1S/C18H4F9I2N2/c19-15(17(22,23)24,16(20,21)18(25,26)27)12-4-11(28)5-13(29)14(12)10-2-8(6-30)1-9(3-10)7-31/h1-4H. The molecule has 0 amide bonds. The molecule has 0 saturated carbocycles. The number of nitriles is 2. The molecule has 0 saturated heterocycles. The lowest BCUT2D eigenvalue weighted by Crippen LogP contribution is -2.60. The number of halogens is 11. The molecule has 31 heavy (non-hydrogen) atoms. The third kappa shape index (κ3) is 4.30. The van der Waals surface area contributed by atoms with Gasteiger partial charge in [-0.2, -0.15) is 45.6 Å². The highest BCUT2D eigenvalue weighted by atomic mass is 127. The summed E-state index contributed by atoms with van der Waals surface area (Å²) in [7, 11) is 0. The van der Waals surface area contributed by atoms with Crippen LogP contribution in [0.3, 0.4) is 0 Å². The maximum atomic E-state index is 15.2. The second kappa shape index (κ2) is 8.31. The van der Waals surface area contributed by atoms with E-state index in [1.54, 1.807) is 12.1 Å². The molecule has 0 aromatic heterocycles.